The molecule has 2 amide bonds. The Bertz CT molecular complexity index is 928. The van der Waals surface area contributed by atoms with Crippen LogP contribution >= 0.6 is 24.0 Å². The number of aliphatic imine (C=N–C) groups is 1. The zero-order valence-corrected chi connectivity index (χ0v) is 20.5. The van der Waals surface area contributed by atoms with Crippen LogP contribution in [0.5, 0.6) is 0 Å². The van der Waals surface area contributed by atoms with Gasteiger partial charge in [-0.2, -0.15) is 5.10 Å². The number of piperazine rings is 1. The van der Waals surface area contributed by atoms with Crippen molar-refractivity contribution in [3.8, 4) is 0 Å². The summed E-state index contributed by atoms with van der Waals surface area (Å²) < 4.78 is 1.69. The first kappa shape index (κ1) is 24.6. The van der Waals surface area contributed by atoms with Gasteiger partial charge in [0.25, 0.3) is 5.91 Å². The predicted molar refractivity (Wildman–Crippen MR) is 132 cm³/mol. The summed E-state index contributed by atoms with van der Waals surface area (Å²) in [5, 5.41) is 10.2. The quantitative estimate of drug-likeness (QED) is 0.331. The number of hydrogen-bond donors (Lipinski definition) is 2. The van der Waals surface area contributed by atoms with Gasteiger partial charge in [0.2, 0.25) is 5.91 Å². The van der Waals surface area contributed by atoms with Crippen LogP contribution in [0, 0.1) is 0 Å². The fraction of sp³-hybridized carbons (Fsp3) is 0.429. The summed E-state index contributed by atoms with van der Waals surface area (Å²) in [7, 11) is 1.83. The lowest BCUT2D eigenvalue weighted by molar-refractivity contribution is -0.120. The van der Waals surface area contributed by atoms with Crippen LogP contribution in [-0.2, 0) is 18.4 Å². The second-order valence-corrected chi connectivity index (χ2v) is 7.07. The van der Waals surface area contributed by atoms with Crippen LogP contribution < -0.4 is 15.5 Å². The Hall–Kier alpha value is -2.63. The van der Waals surface area contributed by atoms with Crippen LogP contribution in [-0.4, -0.2) is 65.2 Å². The number of carbonyl (C=O) groups is 2. The Morgan fingerprint density at radius 2 is 1.97 bits per heavy atom. The number of aryl methyl sites for hydroxylation is 1. The highest BCUT2D eigenvalue weighted by Gasteiger charge is 2.27. The van der Waals surface area contributed by atoms with E-state index in [0.29, 0.717) is 44.2 Å². The van der Waals surface area contributed by atoms with Gasteiger partial charge >= 0.3 is 0 Å². The number of rotatable bonds is 6. The second kappa shape index (κ2) is 11.7. The van der Waals surface area contributed by atoms with Crippen LogP contribution in [0.1, 0.15) is 29.8 Å². The van der Waals surface area contributed by atoms with Gasteiger partial charge in [-0.25, -0.2) is 4.99 Å². The maximum absolute atomic E-state index is 12.7. The summed E-state index contributed by atoms with van der Waals surface area (Å²) in [6.45, 7) is 7.10. The Morgan fingerprint density at radius 1 is 1.19 bits per heavy atom. The molecule has 2 heterocycles. The summed E-state index contributed by atoms with van der Waals surface area (Å²) in [4.78, 5) is 33.2. The number of aromatic nitrogens is 2. The normalized spacial score (nSPS) is 14.3. The summed E-state index contributed by atoms with van der Waals surface area (Å²) in [5.74, 6) is 0.616. The van der Waals surface area contributed by atoms with Crippen LogP contribution in [0.4, 0.5) is 5.69 Å². The summed E-state index contributed by atoms with van der Waals surface area (Å²) in [5.41, 5.74) is 2.37. The van der Waals surface area contributed by atoms with Gasteiger partial charge in [0.05, 0.1) is 18.4 Å². The van der Waals surface area contributed by atoms with E-state index in [9.17, 15) is 9.59 Å². The van der Waals surface area contributed by atoms with Gasteiger partial charge in [-0.05, 0) is 31.5 Å². The highest BCUT2D eigenvalue weighted by Crippen LogP contribution is 2.16. The molecule has 1 aromatic carbocycles. The summed E-state index contributed by atoms with van der Waals surface area (Å²) in [6, 6.07) is 7.45. The maximum atomic E-state index is 12.7. The first-order valence-electron chi connectivity index (χ1n) is 10.2. The third-order valence-electron chi connectivity index (χ3n) is 4.80. The van der Waals surface area contributed by atoms with E-state index >= 15 is 0 Å². The lowest BCUT2D eigenvalue weighted by atomic mass is 10.1. The van der Waals surface area contributed by atoms with Crippen molar-refractivity contribution in [1.29, 1.82) is 0 Å². The Kier molecular flexibility index (Phi) is 9.28. The highest BCUT2D eigenvalue weighted by atomic mass is 127. The molecule has 0 atom stereocenters. The molecule has 1 aliphatic heterocycles. The molecule has 168 valence electrons. The molecule has 0 aliphatic carbocycles. The van der Waals surface area contributed by atoms with E-state index in [2.05, 4.69) is 15.7 Å². The van der Waals surface area contributed by atoms with E-state index in [1.807, 2.05) is 50.2 Å². The highest BCUT2D eigenvalue weighted by molar-refractivity contribution is 14.0. The van der Waals surface area contributed by atoms with E-state index in [4.69, 9.17) is 4.99 Å². The summed E-state index contributed by atoms with van der Waals surface area (Å²) in [6.07, 6.45) is 3.54. The molecule has 2 aromatic rings. The molecule has 0 spiro atoms. The molecule has 1 aliphatic rings. The molecule has 9 nitrogen and oxygen atoms in total. The lowest BCUT2D eigenvalue weighted by Crippen LogP contribution is -2.55. The van der Waals surface area contributed by atoms with Crippen molar-refractivity contribution < 1.29 is 9.59 Å². The zero-order valence-electron chi connectivity index (χ0n) is 18.2. The molecule has 0 bridgehead atoms. The molecule has 0 saturated carbocycles. The SMILES string of the molecule is CCNC(=O)c1cccc(CN=C(NCC)N2CCN(c3cnn(C)c3)C(=O)C2)c1.I. The van der Waals surface area contributed by atoms with E-state index in [-0.39, 0.29) is 42.3 Å². The second-order valence-electron chi connectivity index (χ2n) is 7.07. The van der Waals surface area contributed by atoms with E-state index < -0.39 is 0 Å². The van der Waals surface area contributed by atoms with Crippen molar-refractivity contribution in [1.82, 2.24) is 25.3 Å². The topological polar surface area (TPSA) is 94.9 Å². The van der Waals surface area contributed by atoms with Crippen molar-refractivity contribution in [2.45, 2.75) is 20.4 Å². The fourth-order valence-corrected chi connectivity index (χ4v) is 3.34. The predicted octanol–water partition coefficient (Wildman–Crippen LogP) is 1.60. The largest absolute Gasteiger partial charge is 0.356 e. The number of amides is 2. The minimum absolute atomic E-state index is 0. The van der Waals surface area contributed by atoms with E-state index in [0.717, 1.165) is 11.3 Å². The number of anilines is 1. The van der Waals surface area contributed by atoms with E-state index in [1.54, 1.807) is 21.8 Å². The molecule has 31 heavy (non-hydrogen) atoms. The Morgan fingerprint density at radius 3 is 2.61 bits per heavy atom. The van der Waals surface area contributed by atoms with E-state index in [1.165, 1.54) is 0 Å². The van der Waals surface area contributed by atoms with Crippen molar-refractivity contribution in [3.63, 3.8) is 0 Å². The average molecular weight is 539 g/mol. The van der Waals surface area contributed by atoms with Gasteiger partial charge in [0.1, 0.15) is 6.54 Å². The molecular weight excluding hydrogens is 509 g/mol. The first-order chi connectivity index (χ1) is 14.5. The molecule has 1 aromatic heterocycles. The number of halogens is 1. The molecule has 3 rings (SSSR count). The van der Waals surface area contributed by atoms with Gasteiger partial charge in [0.15, 0.2) is 5.96 Å². The molecule has 1 fully saturated rings. The zero-order chi connectivity index (χ0) is 21.5. The Labute approximate surface area is 199 Å². The van der Waals surface area contributed by atoms with Crippen LogP contribution in [0.2, 0.25) is 0 Å². The van der Waals surface area contributed by atoms with Gasteiger partial charge in [-0.1, -0.05) is 12.1 Å². The minimum atomic E-state index is -0.0904. The average Bonchev–Trinajstić information content (AvgIpc) is 3.17. The number of nitrogens with zero attached hydrogens (tertiary/aromatic N) is 5. The maximum Gasteiger partial charge on any atom is 0.251 e. The van der Waals surface area contributed by atoms with Crippen molar-refractivity contribution in [2.24, 2.45) is 12.0 Å². The molecule has 10 heteroatoms. The van der Waals surface area contributed by atoms with Crippen LogP contribution in [0.3, 0.4) is 0 Å². The molecular formula is C21H30IN7O2. The van der Waals surface area contributed by atoms with Crippen LogP contribution in [0.15, 0.2) is 41.7 Å². The van der Waals surface area contributed by atoms with Crippen molar-refractivity contribution >= 4 is 47.4 Å². The smallest absolute Gasteiger partial charge is 0.251 e. The van der Waals surface area contributed by atoms with Crippen LogP contribution in [0.25, 0.3) is 0 Å². The van der Waals surface area contributed by atoms with Gasteiger partial charge in [-0.15, -0.1) is 24.0 Å². The molecule has 2 N–H and O–H groups in total. The number of hydrogen-bond acceptors (Lipinski definition) is 4. The fourth-order valence-electron chi connectivity index (χ4n) is 3.34. The number of benzene rings is 1. The minimum Gasteiger partial charge on any atom is -0.356 e. The monoisotopic (exact) mass is 539 g/mol. The van der Waals surface area contributed by atoms with Crippen molar-refractivity contribution in [3.05, 3.63) is 47.8 Å². The third kappa shape index (κ3) is 6.42. The number of carbonyl (C=O) groups excluding carboxylic acids is 2. The Balaban J connectivity index is 0.00000341. The van der Waals surface area contributed by atoms with Gasteiger partial charge in [0, 0.05) is 45.0 Å². The molecule has 0 radical (unpaired) electrons. The molecule has 0 unspecified atom stereocenters. The molecule has 1 saturated heterocycles. The van der Waals surface area contributed by atoms with Gasteiger partial charge < -0.3 is 20.4 Å². The third-order valence-corrected chi connectivity index (χ3v) is 4.80. The number of guanidine groups is 1. The van der Waals surface area contributed by atoms with Gasteiger partial charge in [-0.3, -0.25) is 14.3 Å². The number of nitrogens with one attached hydrogen (secondary N) is 2. The lowest BCUT2D eigenvalue weighted by Gasteiger charge is -2.35. The first-order valence-corrected chi connectivity index (χ1v) is 10.2. The summed E-state index contributed by atoms with van der Waals surface area (Å²) >= 11 is 0. The van der Waals surface area contributed by atoms with Crippen molar-refractivity contribution in [2.75, 3.05) is 37.6 Å². The standard InChI is InChI=1S/C21H29N7O2.HI/c1-4-22-20(30)17-8-6-7-16(11-17)12-24-21(23-5-2)27-9-10-28(19(29)15-27)18-13-25-26(3)14-18;/h6-8,11,13-14H,4-5,9-10,12,15H2,1-3H3,(H,22,30)(H,23,24);1H.